The molecule has 2 N–H and O–H groups in total. The maximum absolute atomic E-state index is 13.1. The first-order valence-corrected chi connectivity index (χ1v) is 12.5. The highest BCUT2D eigenvalue weighted by Crippen LogP contribution is 2.27. The van der Waals surface area contributed by atoms with Crippen molar-refractivity contribution < 1.29 is 9.59 Å². The van der Waals surface area contributed by atoms with Crippen LogP contribution in [0, 0.1) is 0 Å². The number of carbonyl (C=O) groups excluding carboxylic acids is 2. The van der Waals surface area contributed by atoms with Crippen molar-refractivity contribution in [2.45, 2.75) is 57.9 Å². The first-order valence-electron chi connectivity index (χ1n) is 11.3. The van der Waals surface area contributed by atoms with Crippen LogP contribution in [0.15, 0.2) is 54.6 Å². The van der Waals surface area contributed by atoms with Gasteiger partial charge in [-0.3, -0.25) is 14.9 Å². The molecule has 0 saturated heterocycles. The monoisotopic (exact) mass is 484 g/mol. The molecule has 0 saturated carbocycles. The van der Waals surface area contributed by atoms with Crippen LogP contribution in [0.2, 0.25) is 5.02 Å². The lowest BCUT2D eigenvalue weighted by atomic mass is 10.0. The van der Waals surface area contributed by atoms with Crippen molar-refractivity contribution in [1.29, 1.82) is 0 Å². The van der Waals surface area contributed by atoms with Crippen LogP contribution in [-0.4, -0.2) is 28.1 Å². The number of rotatable bonds is 12. The molecule has 0 spiro atoms. The fourth-order valence-electron chi connectivity index (χ4n) is 3.39. The molecule has 0 fully saturated rings. The molecule has 1 aromatic heterocycles. The van der Waals surface area contributed by atoms with E-state index >= 15 is 0 Å². The minimum absolute atomic E-state index is 0.110. The lowest BCUT2D eigenvalue weighted by Crippen LogP contribution is -2.45. The molecular weight excluding hydrogens is 456 g/mol. The molecule has 8 heteroatoms. The van der Waals surface area contributed by atoms with Crippen molar-refractivity contribution >= 4 is 39.9 Å². The van der Waals surface area contributed by atoms with Gasteiger partial charge in [0.25, 0.3) is 0 Å². The van der Waals surface area contributed by atoms with Gasteiger partial charge in [0.2, 0.25) is 16.9 Å². The van der Waals surface area contributed by atoms with E-state index in [2.05, 4.69) is 27.8 Å². The van der Waals surface area contributed by atoms with E-state index in [1.807, 2.05) is 42.5 Å². The van der Waals surface area contributed by atoms with E-state index in [9.17, 15) is 9.59 Å². The Kier molecular flexibility index (Phi) is 9.84. The summed E-state index contributed by atoms with van der Waals surface area (Å²) < 4.78 is 0. The van der Waals surface area contributed by atoms with Crippen LogP contribution < -0.4 is 10.6 Å². The van der Waals surface area contributed by atoms with Crippen LogP contribution in [0.1, 0.15) is 51.0 Å². The average Bonchev–Trinajstić information content (AvgIpc) is 3.28. The topological polar surface area (TPSA) is 84.0 Å². The van der Waals surface area contributed by atoms with E-state index in [4.69, 9.17) is 11.6 Å². The zero-order chi connectivity index (χ0) is 23.5. The molecule has 2 amide bonds. The van der Waals surface area contributed by atoms with Gasteiger partial charge in [-0.25, -0.2) is 0 Å². The smallest absolute Gasteiger partial charge is 0.249 e. The van der Waals surface area contributed by atoms with Gasteiger partial charge >= 0.3 is 0 Å². The standard InChI is InChI=1S/C25H29ClN4O2S/c1-2-3-4-5-9-12-22(31)27-21(17-18-10-7-6-8-11-18)23(32)28-25-30-29-24(33-25)19-13-15-20(26)16-14-19/h6-8,10-11,13-16,21H,2-5,9,12,17H2,1H3,(H,27,31)(H,28,30,32)/t21-/m1/s1. The number of nitrogens with zero attached hydrogens (tertiary/aromatic N) is 2. The van der Waals surface area contributed by atoms with Gasteiger partial charge in [-0.1, -0.05) is 98.0 Å². The van der Waals surface area contributed by atoms with Gasteiger partial charge in [-0.15, -0.1) is 10.2 Å². The number of carbonyl (C=O) groups is 2. The Labute approximate surface area is 203 Å². The van der Waals surface area contributed by atoms with Crippen molar-refractivity contribution in [3.8, 4) is 10.6 Å². The highest BCUT2D eigenvalue weighted by Gasteiger charge is 2.22. The highest BCUT2D eigenvalue weighted by atomic mass is 35.5. The highest BCUT2D eigenvalue weighted by molar-refractivity contribution is 7.18. The lowest BCUT2D eigenvalue weighted by molar-refractivity contribution is -0.126. The normalized spacial score (nSPS) is 11.7. The van der Waals surface area contributed by atoms with Crippen LogP contribution in [0.25, 0.3) is 10.6 Å². The van der Waals surface area contributed by atoms with Gasteiger partial charge < -0.3 is 5.32 Å². The molecule has 0 bridgehead atoms. The number of aromatic nitrogens is 2. The molecule has 0 unspecified atom stereocenters. The maximum Gasteiger partial charge on any atom is 0.249 e. The first-order chi connectivity index (χ1) is 16.0. The van der Waals surface area contributed by atoms with Gasteiger partial charge in [0, 0.05) is 23.4 Å². The largest absolute Gasteiger partial charge is 0.344 e. The lowest BCUT2D eigenvalue weighted by Gasteiger charge is -2.18. The van der Waals surface area contributed by atoms with Crippen molar-refractivity contribution in [3.05, 3.63) is 65.2 Å². The number of hydrogen-bond donors (Lipinski definition) is 2. The Balaban J connectivity index is 1.63. The second-order valence-corrected chi connectivity index (χ2v) is 9.30. The van der Waals surface area contributed by atoms with Crippen LogP contribution >= 0.6 is 22.9 Å². The molecule has 0 aliphatic heterocycles. The third-order valence-corrected chi connectivity index (χ3v) is 6.33. The van der Waals surface area contributed by atoms with Gasteiger partial charge in [0.1, 0.15) is 11.0 Å². The Morgan fingerprint density at radius 3 is 2.42 bits per heavy atom. The Hall–Kier alpha value is -2.77. The molecule has 3 rings (SSSR count). The maximum atomic E-state index is 13.1. The predicted octanol–water partition coefficient (Wildman–Crippen LogP) is 5.89. The average molecular weight is 485 g/mol. The van der Waals surface area contributed by atoms with Crippen LogP contribution in [-0.2, 0) is 16.0 Å². The summed E-state index contributed by atoms with van der Waals surface area (Å²) in [4.78, 5) is 25.6. The molecule has 1 heterocycles. The number of amides is 2. The summed E-state index contributed by atoms with van der Waals surface area (Å²) in [6, 6.07) is 16.2. The van der Waals surface area contributed by atoms with Gasteiger partial charge in [0.05, 0.1) is 0 Å². The summed E-state index contributed by atoms with van der Waals surface area (Å²) >= 11 is 7.22. The fraction of sp³-hybridized carbons (Fsp3) is 0.360. The number of halogens is 1. The van der Waals surface area contributed by atoms with E-state index in [1.54, 1.807) is 12.1 Å². The number of unbranched alkanes of at least 4 members (excludes halogenated alkanes) is 4. The molecule has 33 heavy (non-hydrogen) atoms. The van der Waals surface area contributed by atoms with Gasteiger partial charge in [-0.05, 0) is 24.1 Å². The first kappa shape index (κ1) is 24.9. The Morgan fingerprint density at radius 1 is 0.970 bits per heavy atom. The Morgan fingerprint density at radius 2 is 1.70 bits per heavy atom. The second-order valence-electron chi connectivity index (χ2n) is 7.88. The predicted molar refractivity (Wildman–Crippen MR) is 134 cm³/mol. The van der Waals surface area contributed by atoms with Crippen molar-refractivity contribution in [1.82, 2.24) is 15.5 Å². The minimum Gasteiger partial charge on any atom is -0.344 e. The molecule has 2 aromatic carbocycles. The zero-order valence-electron chi connectivity index (χ0n) is 18.7. The fourth-order valence-corrected chi connectivity index (χ4v) is 4.27. The SMILES string of the molecule is CCCCCCCC(=O)N[C@H](Cc1ccccc1)C(=O)Nc1nnc(-c2ccc(Cl)cc2)s1. The van der Waals surface area contributed by atoms with E-state index in [0.717, 1.165) is 36.8 Å². The van der Waals surface area contributed by atoms with Crippen molar-refractivity contribution in [2.24, 2.45) is 0 Å². The molecule has 6 nitrogen and oxygen atoms in total. The van der Waals surface area contributed by atoms with E-state index < -0.39 is 6.04 Å². The Bertz CT molecular complexity index is 1020. The molecule has 0 radical (unpaired) electrons. The van der Waals surface area contributed by atoms with E-state index in [0.29, 0.717) is 28.0 Å². The summed E-state index contributed by atoms with van der Waals surface area (Å²) in [6.07, 6.45) is 6.14. The third-order valence-electron chi connectivity index (χ3n) is 5.19. The summed E-state index contributed by atoms with van der Waals surface area (Å²) in [5.74, 6) is -0.418. The van der Waals surface area contributed by atoms with Crippen molar-refractivity contribution in [3.63, 3.8) is 0 Å². The molecule has 1 atom stereocenters. The zero-order valence-corrected chi connectivity index (χ0v) is 20.3. The van der Waals surface area contributed by atoms with Crippen LogP contribution in [0.5, 0.6) is 0 Å². The number of benzene rings is 2. The van der Waals surface area contributed by atoms with E-state index in [-0.39, 0.29) is 11.8 Å². The molecule has 0 aliphatic rings. The van der Waals surface area contributed by atoms with Crippen molar-refractivity contribution in [2.75, 3.05) is 5.32 Å². The summed E-state index contributed by atoms with van der Waals surface area (Å²) in [6.45, 7) is 2.16. The molecule has 0 aliphatic carbocycles. The molecule has 174 valence electrons. The summed E-state index contributed by atoms with van der Waals surface area (Å²) in [5, 5.41) is 15.7. The number of hydrogen-bond acceptors (Lipinski definition) is 5. The summed E-state index contributed by atoms with van der Waals surface area (Å²) in [5.41, 5.74) is 1.84. The molecular formula is C25H29ClN4O2S. The minimum atomic E-state index is -0.696. The van der Waals surface area contributed by atoms with Gasteiger partial charge in [-0.2, -0.15) is 0 Å². The second kappa shape index (κ2) is 13.1. The number of anilines is 1. The van der Waals surface area contributed by atoms with Gasteiger partial charge in [0.15, 0.2) is 0 Å². The quantitative estimate of drug-likeness (QED) is 0.314. The third kappa shape index (κ3) is 8.26. The van der Waals surface area contributed by atoms with E-state index in [1.165, 1.54) is 17.8 Å². The summed E-state index contributed by atoms with van der Waals surface area (Å²) in [7, 11) is 0. The molecule has 3 aromatic rings. The van der Waals surface area contributed by atoms with Crippen LogP contribution in [0.4, 0.5) is 5.13 Å². The number of nitrogens with one attached hydrogen (secondary N) is 2. The van der Waals surface area contributed by atoms with Crippen LogP contribution in [0.3, 0.4) is 0 Å².